The van der Waals surface area contributed by atoms with E-state index in [2.05, 4.69) is 0 Å². The lowest BCUT2D eigenvalue weighted by molar-refractivity contribution is 0.107. The fourth-order valence-electron chi connectivity index (χ4n) is 2.76. The van der Waals surface area contributed by atoms with Crippen molar-refractivity contribution in [3.05, 3.63) is 63.7 Å². The van der Waals surface area contributed by atoms with Crippen molar-refractivity contribution >= 4 is 18.6 Å². The minimum absolute atomic E-state index is 0.271. The average molecular weight is 299 g/mol. The minimum atomic E-state index is -2.08. The van der Waals surface area contributed by atoms with Gasteiger partial charge in [-0.05, 0) is 57.4 Å². The zero-order valence-electron chi connectivity index (χ0n) is 13.2. The van der Waals surface area contributed by atoms with Crippen LogP contribution in [-0.4, -0.2) is 5.52 Å². The predicted molar refractivity (Wildman–Crippen MR) is 88.1 cm³/mol. The standard InChI is InChI=1S/C18H20O2P/c1-11-6-7-16(13(3)8-11)21(20)18(19)17-14(4)9-12(2)10-15(17)5/h6-10H,1-5H3. The van der Waals surface area contributed by atoms with E-state index in [-0.39, 0.29) is 5.52 Å². The number of benzene rings is 2. The molecule has 109 valence electrons. The predicted octanol–water partition coefficient (Wildman–Crippen LogP) is 4.52. The monoisotopic (exact) mass is 299 g/mol. The summed E-state index contributed by atoms with van der Waals surface area (Å²) in [6.45, 7) is 9.69. The zero-order valence-corrected chi connectivity index (χ0v) is 14.0. The van der Waals surface area contributed by atoms with Crippen molar-refractivity contribution in [3.8, 4) is 0 Å². The molecule has 21 heavy (non-hydrogen) atoms. The summed E-state index contributed by atoms with van der Waals surface area (Å²) in [6, 6.07) is 9.60. The van der Waals surface area contributed by atoms with Gasteiger partial charge in [0.2, 0.25) is 5.52 Å². The number of hydrogen-bond acceptors (Lipinski definition) is 2. The van der Waals surface area contributed by atoms with E-state index in [0.717, 1.165) is 27.8 Å². The fourth-order valence-corrected chi connectivity index (χ4v) is 4.13. The lowest BCUT2D eigenvalue weighted by Crippen LogP contribution is -2.10. The van der Waals surface area contributed by atoms with Gasteiger partial charge in [0.15, 0.2) is 7.80 Å². The van der Waals surface area contributed by atoms with Crippen molar-refractivity contribution < 1.29 is 9.36 Å². The molecule has 1 radical (unpaired) electrons. The Bertz CT molecular complexity index is 722. The molecule has 0 heterocycles. The summed E-state index contributed by atoms with van der Waals surface area (Å²) in [5.41, 5.74) is 5.25. The van der Waals surface area contributed by atoms with Crippen LogP contribution in [0.1, 0.15) is 38.2 Å². The summed E-state index contributed by atoms with van der Waals surface area (Å²) < 4.78 is 12.7. The third-order valence-corrected chi connectivity index (χ3v) is 5.18. The lowest BCUT2D eigenvalue weighted by atomic mass is 10.0. The third-order valence-electron chi connectivity index (χ3n) is 3.65. The van der Waals surface area contributed by atoms with Crippen molar-refractivity contribution in [2.75, 3.05) is 0 Å². The Hall–Kier alpha value is -1.79. The van der Waals surface area contributed by atoms with Crippen LogP contribution >= 0.6 is 7.80 Å². The van der Waals surface area contributed by atoms with Gasteiger partial charge in [0.1, 0.15) is 0 Å². The molecule has 0 aliphatic heterocycles. The van der Waals surface area contributed by atoms with E-state index in [1.807, 2.05) is 58.9 Å². The van der Waals surface area contributed by atoms with Gasteiger partial charge < -0.3 is 0 Å². The Morgan fingerprint density at radius 1 is 0.810 bits per heavy atom. The Morgan fingerprint density at radius 3 is 1.86 bits per heavy atom. The SMILES string of the molecule is Cc1ccc([P](=O)C(=O)c2c(C)cc(C)cc2C)c(C)c1. The van der Waals surface area contributed by atoms with Gasteiger partial charge in [0, 0.05) is 10.9 Å². The first-order valence-corrected chi connectivity index (χ1v) is 8.24. The van der Waals surface area contributed by atoms with Crippen molar-refractivity contribution in [3.63, 3.8) is 0 Å². The molecule has 0 aromatic heterocycles. The normalized spacial score (nSPS) is 11.4. The molecule has 2 aromatic carbocycles. The highest BCUT2D eigenvalue weighted by molar-refractivity contribution is 7.71. The molecule has 2 nitrogen and oxygen atoms in total. The summed E-state index contributed by atoms with van der Waals surface area (Å²) in [5, 5.41) is 0.639. The first-order chi connectivity index (χ1) is 9.81. The highest BCUT2D eigenvalue weighted by atomic mass is 31.1. The minimum Gasteiger partial charge on any atom is -0.281 e. The number of aryl methyl sites for hydroxylation is 5. The Kier molecular flexibility index (Phi) is 4.39. The second kappa shape index (κ2) is 5.91. The van der Waals surface area contributed by atoms with E-state index in [4.69, 9.17) is 0 Å². The lowest BCUT2D eigenvalue weighted by Gasteiger charge is -2.11. The second-order valence-electron chi connectivity index (χ2n) is 5.66. The van der Waals surface area contributed by atoms with Crippen LogP contribution in [-0.2, 0) is 4.57 Å². The quantitative estimate of drug-likeness (QED) is 0.781. The first kappa shape index (κ1) is 15.6. The van der Waals surface area contributed by atoms with Crippen molar-refractivity contribution in [1.29, 1.82) is 0 Å². The van der Waals surface area contributed by atoms with Crippen LogP contribution in [0.5, 0.6) is 0 Å². The average Bonchev–Trinajstić information content (AvgIpc) is 2.36. The number of rotatable bonds is 3. The van der Waals surface area contributed by atoms with Crippen LogP contribution in [0, 0.1) is 34.6 Å². The second-order valence-corrected chi connectivity index (χ2v) is 7.14. The fraction of sp³-hybridized carbons (Fsp3) is 0.278. The molecule has 2 rings (SSSR count). The molecule has 0 fully saturated rings. The largest absolute Gasteiger partial charge is 0.281 e. The Balaban J connectivity index is 2.47. The summed E-state index contributed by atoms with van der Waals surface area (Å²) >= 11 is 0. The van der Waals surface area contributed by atoms with E-state index in [1.165, 1.54) is 0 Å². The van der Waals surface area contributed by atoms with Gasteiger partial charge in [-0.2, -0.15) is 0 Å². The molecule has 0 aliphatic rings. The number of carbonyl (C=O) groups is 1. The third kappa shape index (κ3) is 3.11. The molecule has 0 saturated heterocycles. The summed E-state index contributed by atoms with van der Waals surface area (Å²) in [5.74, 6) is 0. The molecular formula is C18H20O2P. The van der Waals surface area contributed by atoms with E-state index in [1.54, 1.807) is 6.07 Å². The summed E-state index contributed by atoms with van der Waals surface area (Å²) in [4.78, 5) is 12.7. The van der Waals surface area contributed by atoms with Gasteiger partial charge in [0.25, 0.3) is 0 Å². The molecule has 0 spiro atoms. The van der Waals surface area contributed by atoms with Gasteiger partial charge in [0.05, 0.1) is 0 Å². The molecule has 1 unspecified atom stereocenters. The van der Waals surface area contributed by atoms with Crippen LogP contribution in [0.2, 0.25) is 0 Å². The molecule has 0 saturated carbocycles. The zero-order chi connectivity index (χ0) is 15.7. The van der Waals surface area contributed by atoms with E-state index < -0.39 is 7.80 Å². The van der Waals surface area contributed by atoms with Crippen molar-refractivity contribution in [2.45, 2.75) is 34.6 Å². The smallest absolute Gasteiger partial charge is 0.247 e. The molecular weight excluding hydrogens is 279 g/mol. The number of carbonyl (C=O) groups excluding carboxylic acids is 1. The molecule has 2 aromatic rings. The Labute approximate surface area is 127 Å². The van der Waals surface area contributed by atoms with Crippen LogP contribution in [0.25, 0.3) is 0 Å². The van der Waals surface area contributed by atoms with Crippen LogP contribution in [0.3, 0.4) is 0 Å². The van der Waals surface area contributed by atoms with Gasteiger partial charge in [-0.15, -0.1) is 0 Å². The van der Waals surface area contributed by atoms with E-state index >= 15 is 0 Å². The summed E-state index contributed by atoms with van der Waals surface area (Å²) in [7, 11) is -2.08. The van der Waals surface area contributed by atoms with Gasteiger partial charge in [-0.25, -0.2) is 0 Å². The highest BCUT2D eigenvalue weighted by Gasteiger charge is 2.22. The molecule has 3 heteroatoms. The highest BCUT2D eigenvalue weighted by Crippen LogP contribution is 2.31. The van der Waals surface area contributed by atoms with E-state index in [9.17, 15) is 9.36 Å². The van der Waals surface area contributed by atoms with Gasteiger partial charge >= 0.3 is 0 Å². The maximum absolute atomic E-state index is 12.7. The maximum atomic E-state index is 12.7. The van der Waals surface area contributed by atoms with E-state index in [0.29, 0.717) is 10.9 Å². The molecule has 1 atom stereocenters. The van der Waals surface area contributed by atoms with Gasteiger partial charge in [-0.1, -0.05) is 35.4 Å². The Morgan fingerprint density at radius 2 is 1.33 bits per heavy atom. The number of hydrogen-bond donors (Lipinski definition) is 0. The van der Waals surface area contributed by atoms with Crippen LogP contribution in [0.4, 0.5) is 0 Å². The van der Waals surface area contributed by atoms with Gasteiger partial charge in [-0.3, -0.25) is 9.36 Å². The molecule has 0 N–H and O–H groups in total. The first-order valence-electron chi connectivity index (χ1n) is 6.98. The molecule has 0 aliphatic carbocycles. The topological polar surface area (TPSA) is 34.1 Å². The van der Waals surface area contributed by atoms with Crippen molar-refractivity contribution in [2.24, 2.45) is 0 Å². The molecule has 0 bridgehead atoms. The van der Waals surface area contributed by atoms with Crippen LogP contribution in [0.15, 0.2) is 30.3 Å². The molecule has 0 amide bonds. The maximum Gasteiger partial charge on any atom is 0.247 e. The van der Waals surface area contributed by atoms with Crippen LogP contribution < -0.4 is 5.30 Å². The van der Waals surface area contributed by atoms with Crippen molar-refractivity contribution in [1.82, 2.24) is 0 Å². The summed E-state index contributed by atoms with van der Waals surface area (Å²) in [6.07, 6.45) is 0.